The first-order valence-corrected chi connectivity index (χ1v) is 3.36. The Morgan fingerprint density at radius 3 is 2.30 bits per heavy atom. The molecule has 2 heteroatoms. The SMILES string of the molecule is C=C(C)CN(C)/C(C)=N\C. The average Bonchev–Trinajstić information content (AvgIpc) is 1.85. The Morgan fingerprint density at radius 1 is 1.50 bits per heavy atom. The third-order valence-electron chi connectivity index (χ3n) is 1.38. The summed E-state index contributed by atoms with van der Waals surface area (Å²) in [5.74, 6) is 1.04. The highest BCUT2D eigenvalue weighted by Gasteiger charge is 1.97. The van der Waals surface area contributed by atoms with Crippen molar-refractivity contribution in [3.8, 4) is 0 Å². The summed E-state index contributed by atoms with van der Waals surface area (Å²) in [5, 5.41) is 0. The van der Waals surface area contributed by atoms with Gasteiger partial charge in [-0.2, -0.15) is 0 Å². The van der Waals surface area contributed by atoms with Crippen LogP contribution in [0.25, 0.3) is 0 Å². The van der Waals surface area contributed by atoms with Gasteiger partial charge in [0.15, 0.2) is 0 Å². The van der Waals surface area contributed by atoms with Crippen LogP contribution >= 0.6 is 0 Å². The molecule has 0 spiro atoms. The van der Waals surface area contributed by atoms with Crippen LogP contribution in [-0.4, -0.2) is 31.4 Å². The van der Waals surface area contributed by atoms with Crippen LogP contribution in [0.2, 0.25) is 0 Å². The van der Waals surface area contributed by atoms with Crippen LogP contribution in [0.1, 0.15) is 13.8 Å². The summed E-state index contributed by atoms with van der Waals surface area (Å²) >= 11 is 0. The van der Waals surface area contributed by atoms with Crippen LogP contribution in [-0.2, 0) is 0 Å². The van der Waals surface area contributed by atoms with Crippen LogP contribution in [0.4, 0.5) is 0 Å². The Kier molecular flexibility index (Phi) is 3.77. The van der Waals surface area contributed by atoms with Gasteiger partial charge in [-0.05, 0) is 13.8 Å². The quantitative estimate of drug-likeness (QED) is 0.323. The molecule has 0 aliphatic heterocycles. The van der Waals surface area contributed by atoms with Crippen molar-refractivity contribution in [1.82, 2.24) is 4.90 Å². The molecule has 0 aliphatic rings. The Balaban J connectivity index is 3.85. The zero-order valence-electron chi connectivity index (χ0n) is 7.31. The number of nitrogens with zero attached hydrogens (tertiary/aromatic N) is 2. The molecule has 0 amide bonds. The highest BCUT2D eigenvalue weighted by Crippen LogP contribution is 1.93. The molecular formula is C8H16N2. The van der Waals surface area contributed by atoms with Crippen LogP contribution in [0.3, 0.4) is 0 Å². The molecule has 0 bridgehead atoms. The number of hydrogen-bond donors (Lipinski definition) is 0. The fourth-order valence-electron chi connectivity index (χ4n) is 0.690. The third kappa shape index (κ3) is 3.28. The summed E-state index contributed by atoms with van der Waals surface area (Å²) < 4.78 is 0. The highest BCUT2D eigenvalue weighted by molar-refractivity contribution is 5.79. The summed E-state index contributed by atoms with van der Waals surface area (Å²) in [6.07, 6.45) is 0. The molecule has 0 rings (SSSR count). The van der Waals surface area contributed by atoms with Gasteiger partial charge in [0.05, 0.1) is 5.84 Å². The maximum Gasteiger partial charge on any atom is 0.0954 e. The van der Waals surface area contributed by atoms with Crippen LogP contribution < -0.4 is 0 Å². The van der Waals surface area contributed by atoms with E-state index < -0.39 is 0 Å². The molecule has 0 atom stereocenters. The zero-order chi connectivity index (χ0) is 8.15. The predicted octanol–water partition coefficient (Wildman–Crippen LogP) is 1.54. The maximum absolute atomic E-state index is 4.04. The topological polar surface area (TPSA) is 15.6 Å². The lowest BCUT2D eigenvalue weighted by molar-refractivity contribution is 0.545. The Labute approximate surface area is 63.3 Å². The fourth-order valence-corrected chi connectivity index (χ4v) is 0.690. The van der Waals surface area contributed by atoms with Crippen molar-refractivity contribution in [1.29, 1.82) is 0 Å². The van der Waals surface area contributed by atoms with E-state index in [9.17, 15) is 0 Å². The van der Waals surface area contributed by atoms with Crippen molar-refractivity contribution in [2.45, 2.75) is 13.8 Å². The largest absolute Gasteiger partial charge is 0.360 e. The number of amidine groups is 1. The van der Waals surface area contributed by atoms with E-state index in [0.717, 1.165) is 18.0 Å². The van der Waals surface area contributed by atoms with Gasteiger partial charge in [-0.3, -0.25) is 4.99 Å². The van der Waals surface area contributed by atoms with Gasteiger partial charge in [-0.25, -0.2) is 0 Å². The molecule has 0 radical (unpaired) electrons. The molecule has 10 heavy (non-hydrogen) atoms. The molecule has 0 aromatic heterocycles. The van der Waals surface area contributed by atoms with Crippen molar-refractivity contribution in [2.75, 3.05) is 20.6 Å². The van der Waals surface area contributed by atoms with Gasteiger partial charge in [0.25, 0.3) is 0 Å². The summed E-state index contributed by atoms with van der Waals surface area (Å²) in [6.45, 7) is 8.71. The lowest BCUT2D eigenvalue weighted by Crippen LogP contribution is -2.25. The molecule has 0 unspecified atom stereocenters. The van der Waals surface area contributed by atoms with Crippen molar-refractivity contribution in [3.63, 3.8) is 0 Å². The van der Waals surface area contributed by atoms with Crippen LogP contribution in [0, 0.1) is 0 Å². The van der Waals surface area contributed by atoms with Gasteiger partial charge in [0.2, 0.25) is 0 Å². The van der Waals surface area contributed by atoms with E-state index in [1.165, 1.54) is 0 Å². The number of aliphatic imine (C=N–C) groups is 1. The average molecular weight is 140 g/mol. The standard InChI is InChI=1S/C8H16N2/c1-7(2)6-10(5)8(3)9-4/h1,6H2,2-5H3/b9-8-. The maximum atomic E-state index is 4.04. The smallest absolute Gasteiger partial charge is 0.0954 e. The highest BCUT2D eigenvalue weighted by atomic mass is 15.1. The normalized spacial score (nSPS) is 11.4. The van der Waals surface area contributed by atoms with Gasteiger partial charge in [-0.1, -0.05) is 12.2 Å². The van der Waals surface area contributed by atoms with Gasteiger partial charge >= 0.3 is 0 Å². The molecule has 0 N–H and O–H groups in total. The predicted molar refractivity (Wildman–Crippen MR) is 46.5 cm³/mol. The van der Waals surface area contributed by atoms with Crippen molar-refractivity contribution < 1.29 is 0 Å². The Hall–Kier alpha value is -0.790. The molecule has 2 nitrogen and oxygen atoms in total. The molecule has 0 aromatic rings. The Morgan fingerprint density at radius 2 is 2.00 bits per heavy atom. The van der Waals surface area contributed by atoms with E-state index in [1.807, 2.05) is 20.9 Å². The second-order valence-electron chi connectivity index (χ2n) is 2.58. The minimum atomic E-state index is 0.892. The van der Waals surface area contributed by atoms with Gasteiger partial charge in [0, 0.05) is 20.6 Å². The molecule has 58 valence electrons. The van der Waals surface area contributed by atoms with Gasteiger partial charge in [-0.15, -0.1) is 0 Å². The van der Waals surface area contributed by atoms with Gasteiger partial charge in [0.1, 0.15) is 0 Å². The number of hydrogen-bond acceptors (Lipinski definition) is 1. The summed E-state index contributed by atoms with van der Waals surface area (Å²) in [6, 6.07) is 0. The Bertz CT molecular complexity index is 147. The van der Waals surface area contributed by atoms with E-state index in [2.05, 4.69) is 16.5 Å². The van der Waals surface area contributed by atoms with Crippen LogP contribution in [0.5, 0.6) is 0 Å². The summed E-state index contributed by atoms with van der Waals surface area (Å²) in [4.78, 5) is 6.11. The van der Waals surface area contributed by atoms with Crippen LogP contribution in [0.15, 0.2) is 17.1 Å². The van der Waals surface area contributed by atoms with E-state index in [1.54, 1.807) is 7.05 Å². The number of likely N-dealkylation sites (N-methyl/N-ethyl adjacent to an activating group) is 1. The first-order chi connectivity index (χ1) is 4.57. The lowest BCUT2D eigenvalue weighted by Gasteiger charge is -2.17. The molecule has 0 fully saturated rings. The van der Waals surface area contributed by atoms with E-state index in [-0.39, 0.29) is 0 Å². The first kappa shape index (κ1) is 9.21. The summed E-state index contributed by atoms with van der Waals surface area (Å²) in [7, 11) is 3.81. The minimum absolute atomic E-state index is 0.892. The molecular weight excluding hydrogens is 124 g/mol. The zero-order valence-corrected chi connectivity index (χ0v) is 7.31. The monoisotopic (exact) mass is 140 g/mol. The summed E-state index contributed by atoms with van der Waals surface area (Å²) in [5.41, 5.74) is 1.16. The molecule has 0 aliphatic carbocycles. The molecule has 0 aromatic carbocycles. The van der Waals surface area contributed by atoms with Crippen molar-refractivity contribution in [3.05, 3.63) is 12.2 Å². The van der Waals surface area contributed by atoms with Crippen molar-refractivity contribution in [2.24, 2.45) is 4.99 Å². The third-order valence-corrected chi connectivity index (χ3v) is 1.38. The second kappa shape index (κ2) is 4.09. The lowest BCUT2D eigenvalue weighted by atomic mass is 10.3. The van der Waals surface area contributed by atoms with E-state index in [0.29, 0.717) is 0 Å². The van der Waals surface area contributed by atoms with E-state index >= 15 is 0 Å². The van der Waals surface area contributed by atoms with E-state index in [4.69, 9.17) is 0 Å². The molecule has 0 saturated carbocycles. The molecule has 0 saturated heterocycles. The second-order valence-corrected chi connectivity index (χ2v) is 2.58. The van der Waals surface area contributed by atoms with Crippen molar-refractivity contribution >= 4 is 5.84 Å². The fraction of sp³-hybridized carbons (Fsp3) is 0.625. The minimum Gasteiger partial charge on any atom is -0.360 e. The van der Waals surface area contributed by atoms with Gasteiger partial charge < -0.3 is 4.90 Å². The number of rotatable bonds is 2. The first-order valence-electron chi connectivity index (χ1n) is 3.36. The molecule has 0 heterocycles.